The van der Waals surface area contributed by atoms with Crippen LogP contribution in [0.2, 0.25) is 0 Å². The van der Waals surface area contributed by atoms with E-state index in [1.165, 1.54) is 24.4 Å². The van der Waals surface area contributed by atoms with Crippen molar-refractivity contribution in [1.82, 2.24) is 4.98 Å². The fourth-order valence-electron chi connectivity index (χ4n) is 1.72. The molecule has 1 atom stereocenters. The van der Waals surface area contributed by atoms with Gasteiger partial charge in [-0.05, 0) is 29.8 Å². The zero-order chi connectivity index (χ0) is 13.1. The fraction of sp³-hybridized carbons (Fsp3) is 0.154. The quantitative estimate of drug-likeness (QED) is 0.942. The summed E-state index contributed by atoms with van der Waals surface area (Å²) in [5.74, 6) is -0.970. The number of benzene rings is 1. The van der Waals surface area contributed by atoms with Crippen molar-refractivity contribution < 1.29 is 13.9 Å². The molecule has 0 bridgehead atoms. The molecule has 0 aliphatic rings. The van der Waals surface area contributed by atoms with E-state index in [1.807, 2.05) is 0 Å². The monoisotopic (exact) mass is 313 g/mol. The van der Waals surface area contributed by atoms with E-state index in [4.69, 9.17) is 0 Å². The van der Waals surface area contributed by atoms with E-state index in [-0.39, 0.29) is 12.0 Å². The molecule has 0 aliphatic carbocycles. The lowest BCUT2D eigenvalue weighted by Gasteiger charge is -2.12. The van der Waals surface area contributed by atoms with Crippen LogP contribution >= 0.6 is 15.9 Å². The summed E-state index contributed by atoms with van der Waals surface area (Å²) in [4.78, 5) is 3.61. The van der Waals surface area contributed by atoms with Crippen LogP contribution in [0.25, 0.3) is 0 Å². The number of aliphatic hydroxyl groups is 1. The summed E-state index contributed by atoms with van der Waals surface area (Å²) < 4.78 is 27.1. The van der Waals surface area contributed by atoms with Crippen LogP contribution < -0.4 is 0 Å². The average Bonchev–Trinajstić information content (AvgIpc) is 2.27. The standard InChI is InChI=1S/C13H10BrF2NO/c14-9-3-8(4-10(15)6-9)5-13(18)11-1-2-17-7-12(11)16/h1-4,6-7,13,18H,5H2. The Morgan fingerprint density at radius 3 is 2.72 bits per heavy atom. The van der Waals surface area contributed by atoms with Gasteiger partial charge in [0.25, 0.3) is 0 Å². The summed E-state index contributed by atoms with van der Waals surface area (Å²) in [7, 11) is 0. The Morgan fingerprint density at radius 1 is 1.28 bits per heavy atom. The predicted octanol–water partition coefficient (Wildman–Crippen LogP) is 3.40. The average molecular weight is 314 g/mol. The third-order valence-corrected chi connectivity index (χ3v) is 2.97. The lowest BCUT2D eigenvalue weighted by Crippen LogP contribution is -2.05. The molecule has 2 rings (SSSR count). The Morgan fingerprint density at radius 2 is 2.06 bits per heavy atom. The maximum atomic E-state index is 13.4. The molecule has 0 aliphatic heterocycles. The first kappa shape index (κ1) is 13.1. The highest BCUT2D eigenvalue weighted by Gasteiger charge is 2.14. The van der Waals surface area contributed by atoms with Crippen LogP contribution in [0.15, 0.2) is 41.1 Å². The van der Waals surface area contributed by atoms with Crippen molar-refractivity contribution in [3.63, 3.8) is 0 Å². The molecule has 1 aromatic carbocycles. The van der Waals surface area contributed by atoms with Crippen molar-refractivity contribution in [1.29, 1.82) is 0 Å². The van der Waals surface area contributed by atoms with Gasteiger partial charge in [-0.1, -0.05) is 15.9 Å². The highest BCUT2D eigenvalue weighted by atomic mass is 79.9. The molecule has 94 valence electrons. The maximum Gasteiger partial charge on any atom is 0.147 e. The molecular weight excluding hydrogens is 304 g/mol. The highest BCUT2D eigenvalue weighted by molar-refractivity contribution is 9.10. The Bertz CT molecular complexity index is 542. The van der Waals surface area contributed by atoms with E-state index < -0.39 is 17.7 Å². The molecule has 18 heavy (non-hydrogen) atoms. The topological polar surface area (TPSA) is 33.1 Å². The predicted molar refractivity (Wildman–Crippen MR) is 67.0 cm³/mol. The second kappa shape index (κ2) is 5.54. The zero-order valence-electron chi connectivity index (χ0n) is 9.28. The van der Waals surface area contributed by atoms with Crippen molar-refractivity contribution in [2.24, 2.45) is 0 Å². The van der Waals surface area contributed by atoms with Crippen LogP contribution in [-0.4, -0.2) is 10.1 Å². The van der Waals surface area contributed by atoms with Crippen molar-refractivity contribution >= 4 is 15.9 Å². The molecule has 1 aromatic heterocycles. The lowest BCUT2D eigenvalue weighted by molar-refractivity contribution is 0.173. The number of hydrogen-bond donors (Lipinski definition) is 1. The van der Waals surface area contributed by atoms with Gasteiger partial charge in [-0.25, -0.2) is 8.78 Å². The molecule has 0 saturated carbocycles. The number of nitrogens with zero attached hydrogens (tertiary/aromatic N) is 1. The smallest absolute Gasteiger partial charge is 0.147 e. The maximum absolute atomic E-state index is 13.4. The summed E-state index contributed by atoms with van der Waals surface area (Å²) in [6.45, 7) is 0. The molecule has 0 saturated heterocycles. The van der Waals surface area contributed by atoms with Crippen LogP contribution in [0.3, 0.4) is 0 Å². The first-order valence-corrected chi connectivity index (χ1v) is 6.08. The summed E-state index contributed by atoms with van der Waals surface area (Å²) in [5, 5.41) is 9.93. The Balaban J connectivity index is 2.21. The van der Waals surface area contributed by atoms with Crippen LogP contribution in [-0.2, 0) is 6.42 Å². The van der Waals surface area contributed by atoms with Gasteiger partial charge in [-0.15, -0.1) is 0 Å². The first-order chi connectivity index (χ1) is 8.56. The summed E-state index contributed by atoms with van der Waals surface area (Å²) in [6, 6.07) is 5.73. The number of aromatic nitrogens is 1. The number of hydrogen-bond acceptors (Lipinski definition) is 2. The van der Waals surface area contributed by atoms with E-state index in [0.717, 1.165) is 6.20 Å². The zero-order valence-corrected chi connectivity index (χ0v) is 10.9. The second-order valence-electron chi connectivity index (χ2n) is 3.89. The highest BCUT2D eigenvalue weighted by Crippen LogP contribution is 2.23. The van der Waals surface area contributed by atoms with Gasteiger partial charge in [-0.3, -0.25) is 4.98 Å². The van der Waals surface area contributed by atoms with Crippen LogP contribution in [0.1, 0.15) is 17.2 Å². The van der Waals surface area contributed by atoms with Crippen LogP contribution in [0.4, 0.5) is 8.78 Å². The molecule has 0 spiro atoms. The molecule has 0 radical (unpaired) electrons. The largest absolute Gasteiger partial charge is 0.388 e. The summed E-state index contributed by atoms with van der Waals surface area (Å²) >= 11 is 3.17. The summed E-state index contributed by atoms with van der Waals surface area (Å²) in [5.41, 5.74) is 0.746. The van der Waals surface area contributed by atoms with Crippen LogP contribution in [0, 0.1) is 11.6 Å². The molecule has 5 heteroatoms. The summed E-state index contributed by atoms with van der Waals surface area (Å²) in [6.07, 6.45) is 1.56. The minimum atomic E-state index is -1.03. The number of rotatable bonds is 3. The SMILES string of the molecule is OC(Cc1cc(F)cc(Br)c1)c1ccncc1F. The molecule has 1 heterocycles. The van der Waals surface area contributed by atoms with E-state index in [9.17, 15) is 13.9 Å². The third-order valence-electron chi connectivity index (χ3n) is 2.51. The Hall–Kier alpha value is -1.33. The Kier molecular flexibility index (Phi) is 4.04. The van der Waals surface area contributed by atoms with Gasteiger partial charge in [-0.2, -0.15) is 0 Å². The van der Waals surface area contributed by atoms with E-state index in [1.54, 1.807) is 6.07 Å². The molecular formula is C13H10BrF2NO. The van der Waals surface area contributed by atoms with E-state index in [0.29, 0.717) is 10.0 Å². The molecule has 0 amide bonds. The van der Waals surface area contributed by atoms with Gasteiger partial charge in [0.1, 0.15) is 11.6 Å². The van der Waals surface area contributed by atoms with Crippen molar-refractivity contribution in [3.05, 3.63) is 63.9 Å². The van der Waals surface area contributed by atoms with E-state index in [2.05, 4.69) is 20.9 Å². The van der Waals surface area contributed by atoms with Crippen LogP contribution in [0.5, 0.6) is 0 Å². The third kappa shape index (κ3) is 3.11. The molecule has 1 unspecified atom stereocenters. The van der Waals surface area contributed by atoms with Gasteiger partial charge in [0, 0.05) is 22.7 Å². The van der Waals surface area contributed by atoms with Crippen molar-refractivity contribution in [3.8, 4) is 0 Å². The lowest BCUT2D eigenvalue weighted by atomic mass is 10.0. The fourth-order valence-corrected chi connectivity index (χ4v) is 2.23. The van der Waals surface area contributed by atoms with Gasteiger partial charge in [0.2, 0.25) is 0 Å². The molecule has 2 nitrogen and oxygen atoms in total. The number of halogens is 3. The van der Waals surface area contributed by atoms with Gasteiger partial charge in [0.15, 0.2) is 0 Å². The molecule has 1 N–H and O–H groups in total. The molecule has 2 aromatic rings. The normalized spacial score (nSPS) is 12.4. The van der Waals surface area contributed by atoms with Crippen molar-refractivity contribution in [2.45, 2.75) is 12.5 Å². The minimum Gasteiger partial charge on any atom is -0.388 e. The number of aliphatic hydroxyl groups excluding tert-OH is 1. The molecule has 0 fully saturated rings. The second-order valence-corrected chi connectivity index (χ2v) is 4.81. The van der Waals surface area contributed by atoms with Gasteiger partial charge >= 0.3 is 0 Å². The van der Waals surface area contributed by atoms with Gasteiger partial charge in [0.05, 0.1) is 12.3 Å². The first-order valence-electron chi connectivity index (χ1n) is 5.28. The number of pyridine rings is 1. The van der Waals surface area contributed by atoms with Gasteiger partial charge < -0.3 is 5.11 Å². The Labute approximate surface area is 111 Å². The van der Waals surface area contributed by atoms with E-state index >= 15 is 0 Å². The van der Waals surface area contributed by atoms with Crippen molar-refractivity contribution in [2.75, 3.05) is 0 Å². The minimum absolute atomic E-state index is 0.136.